The molecule has 7 nitrogen and oxygen atoms in total. The Hall–Kier alpha value is -4.30. The third kappa shape index (κ3) is 4.26. The fourth-order valence-corrected chi connectivity index (χ4v) is 3.35. The number of benzene rings is 3. The fourth-order valence-electron chi connectivity index (χ4n) is 3.17. The Bertz CT molecular complexity index is 1420. The largest absolute Gasteiger partial charge is 0.457 e. The number of hydrogen-bond donors (Lipinski definition) is 2. The van der Waals surface area contributed by atoms with Crippen LogP contribution in [0.3, 0.4) is 0 Å². The zero-order valence-electron chi connectivity index (χ0n) is 16.8. The molecule has 0 fully saturated rings. The van der Waals surface area contributed by atoms with E-state index in [1.165, 1.54) is 0 Å². The van der Waals surface area contributed by atoms with Crippen LogP contribution in [-0.2, 0) is 0 Å². The Morgan fingerprint density at radius 2 is 1.56 bits per heavy atom. The number of aromatic amines is 2. The van der Waals surface area contributed by atoms with Crippen molar-refractivity contribution in [2.75, 3.05) is 0 Å². The van der Waals surface area contributed by atoms with E-state index in [0.29, 0.717) is 16.3 Å². The van der Waals surface area contributed by atoms with Gasteiger partial charge in [-0.2, -0.15) is 20.0 Å². The third-order valence-electron chi connectivity index (χ3n) is 4.70. The van der Waals surface area contributed by atoms with E-state index in [9.17, 15) is 0 Å². The minimum absolute atomic E-state index is 0.379. The van der Waals surface area contributed by atoms with Crippen LogP contribution >= 0.6 is 12.2 Å². The Balaban J connectivity index is 1.40. The van der Waals surface area contributed by atoms with E-state index in [2.05, 4.69) is 25.5 Å². The molecule has 0 amide bonds. The molecule has 0 unspecified atom stereocenters. The number of hydrogen-bond acceptors (Lipinski definition) is 5. The van der Waals surface area contributed by atoms with Crippen molar-refractivity contribution in [1.82, 2.24) is 25.1 Å². The summed E-state index contributed by atoms with van der Waals surface area (Å²) in [5.74, 6) is 2.03. The molecule has 2 N–H and O–H groups in total. The molecule has 8 heteroatoms. The van der Waals surface area contributed by atoms with E-state index in [0.717, 1.165) is 28.3 Å². The summed E-state index contributed by atoms with van der Waals surface area (Å²) in [4.78, 5) is 0. The lowest BCUT2D eigenvalue weighted by Crippen LogP contribution is -1.95. The number of rotatable bonds is 6. The van der Waals surface area contributed by atoms with Gasteiger partial charge in [0.15, 0.2) is 0 Å². The van der Waals surface area contributed by atoms with Crippen molar-refractivity contribution in [2.24, 2.45) is 5.10 Å². The number of H-pyrrole nitrogens is 2. The Morgan fingerprint density at radius 3 is 2.38 bits per heavy atom. The van der Waals surface area contributed by atoms with Gasteiger partial charge in [-0.05, 0) is 48.1 Å². The molecule has 156 valence electrons. The third-order valence-corrected chi connectivity index (χ3v) is 4.96. The average Bonchev–Trinajstić information content (AvgIpc) is 3.46. The molecule has 0 aliphatic rings. The van der Waals surface area contributed by atoms with Gasteiger partial charge in [0.2, 0.25) is 10.6 Å². The number of nitrogens with zero attached hydrogens (tertiary/aromatic N) is 4. The summed E-state index contributed by atoms with van der Waals surface area (Å²) in [6.45, 7) is 0. The molecule has 0 bridgehead atoms. The number of para-hydroxylation sites is 1. The highest BCUT2D eigenvalue weighted by Crippen LogP contribution is 2.23. The van der Waals surface area contributed by atoms with Crippen molar-refractivity contribution in [3.8, 4) is 34.3 Å². The smallest absolute Gasteiger partial charge is 0.216 e. The van der Waals surface area contributed by atoms with Crippen LogP contribution in [-0.4, -0.2) is 31.3 Å². The van der Waals surface area contributed by atoms with Gasteiger partial charge in [0.25, 0.3) is 0 Å². The summed E-state index contributed by atoms with van der Waals surface area (Å²) in [6, 6.07) is 29.1. The highest BCUT2D eigenvalue weighted by molar-refractivity contribution is 7.71. The van der Waals surface area contributed by atoms with Crippen LogP contribution in [0.4, 0.5) is 0 Å². The molecule has 0 spiro atoms. The maximum Gasteiger partial charge on any atom is 0.216 e. The van der Waals surface area contributed by atoms with Crippen molar-refractivity contribution in [1.29, 1.82) is 0 Å². The second-order valence-electron chi connectivity index (χ2n) is 6.93. The quantitative estimate of drug-likeness (QED) is 0.264. The molecule has 0 saturated carbocycles. The van der Waals surface area contributed by atoms with Crippen molar-refractivity contribution >= 4 is 18.4 Å². The zero-order chi connectivity index (χ0) is 21.8. The summed E-state index contributed by atoms with van der Waals surface area (Å²) < 4.78 is 7.83. The molecule has 3 aromatic carbocycles. The van der Waals surface area contributed by atoms with Crippen LogP contribution in [0.5, 0.6) is 11.5 Å². The van der Waals surface area contributed by atoms with Crippen LogP contribution < -0.4 is 4.74 Å². The SMILES string of the molecule is S=c1[nH]nc(-c2cc(-c3ccccc3)n[nH]2)n1/N=C\c1cccc(Oc2ccccc2)c1. The van der Waals surface area contributed by atoms with Gasteiger partial charge in [-0.15, -0.1) is 0 Å². The molecule has 0 atom stereocenters. The van der Waals surface area contributed by atoms with Gasteiger partial charge >= 0.3 is 0 Å². The Kier molecular flexibility index (Phi) is 5.42. The number of nitrogens with one attached hydrogen (secondary N) is 2. The van der Waals surface area contributed by atoms with E-state index in [4.69, 9.17) is 17.0 Å². The van der Waals surface area contributed by atoms with Crippen LogP contribution in [0.25, 0.3) is 22.8 Å². The summed E-state index contributed by atoms with van der Waals surface area (Å²) in [5.41, 5.74) is 3.39. The standard InChI is InChI=1S/C24H18N6OS/c32-24-29-28-23(22-15-21(26-27-22)18-9-3-1-4-10-18)30(24)25-16-17-8-7-13-20(14-17)31-19-11-5-2-6-12-19/h1-16H,(H,26,27)(H,29,32)/b25-16-. The molecule has 0 saturated heterocycles. The minimum atomic E-state index is 0.379. The molecule has 32 heavy (non-hydrogen) atoms. The van der Waals surface area contributed by atoms with E-state index in [1.54, 1.807) is 10.9 Å². The molecule has 0 radical (unpaired) electrons. The van der Waals surface area contributed by atoms with Crippen LogP contribution in [0, 0.1) is 4.77 Å². The monoisotopic (exact) mass is 438 g/mol. The van der Waals surface area contributed by atoms with Gasteiger partial charge in [0, 0.05) is 5.56 Å². The zero-order valence-corrected chi connectivity index (χ0v) is 17.7. The number of aromatic nitrogens is 5. The molecule has 5 aromatic rings. The van der Waals surface area contributed by atoms with E-state index in [-0.39, 0.29) is 0 Å². The molecule has 2 aromatic heterocycles. The van der Waals surface area contributed by atoms with E-state index < -0.39 is 0 Å². The normalized spacial score (nSPS) is 11.1. The van der Waals surface area contributed by atoms with E-state index >= 15 is 0 Å². The van der Waals surface area contributed by atoms with E-state index in [1.807, 2.05) is 91.0 Å². The summed E-state index contributed by atoms with van der Waals surface area (Å²) >= 11 is 5.37. The van der Waals surface area contributed by atoms with Crippen LogP contribution in [0.15, 0.2) is 96.1 Å². The average molecular weight is 439 g/mol. The first-order chi connectivity index (χ1) is 15.8. The molecule has 0 aliphatic heterocycles. The predicted octanol–water partition coefficient (Wildman–Crippen LogP) is 5.67. The molecule has 0 aliphatic carbocycles. The van der Waals surface area contributed by atoms with Crippen molar-refractivity contribution in [3.63, 3.8) is 0 Å². The second kappa shape index (κ2) is 8.83. The summed E-state index contributed by atoms with van der Waals surface area (Å²) in [6.07, 6.45) is 1.71. The van der Waals surface area contributed by atoms with Gasteiger partial charge in [-0.1, -0.05) is 60.7 Å². The number of ether oxygens (including phenoxy) is 1. The maximum atomic E-state index is 5.90. The summed E-state index contributed by atoms with van der Waals surface area (Å²) in [7, 11) is 0. The molecular weight excluding hydrogens is 420 g/mol. The fraction of sp³-hybridized carbons (Fsp3) is 0. The minimum Gasteiger partial charge on any atom is -0.457 e. The first-order valence-electron chi connectivity index (χ1n) is 9.92. The lowest BCUT2D eigenvalue weighted by Gasteiger charge is -2.05. The van der Waals surface area contributed by atoms with Crippen molar-refractivity contribution in [2.45, 2.75) is 0 Å². The predicted molar refractivity (Wildman–Crippen MR) is 126 cm³/mol. The highest BCUT2D eigenvalue weighted by atomic mass is 32.1. The molecule has 2 heterocycles. The molecule has 5 rings (SSSR count). The van der Waals surface area contributed by atoms with Gasteiger partial charge in [-0.3, -0.25) is 5.10 Å². The van der Waals surface area contributed by atoms with Crippen molar-refractivity contribution in [3.05, 3.63) is 101 Å². The molecular formula is C24H18N6OS. The van der Waals surface area contributed by atoms with Gasteiger partial charge in [0.05, 0.1) is 11.9 Å². The van der Waals surface area contributed by atoms with Crippen LogP contribution in [0.2, 0.25) is 0 Å². The summed E-state index contributed by atoms with van der Waals surface area (Å²) in [5, 5.41) is 19.0. The van der Waals surface area contributed by atoms with Gasteiger partial charge in [-0.25, -0.2) is 5.10 Å². The van der Waals surface area contributed by atoms with Crippen LogP contribution in [0.1, 0.15) is 5.56 Å². The van der Waals surface area contributed by atoms with Crippen molar-refractivity contribution < 1.29 is 4.74 Å². The first-order valence-corrected chi connectivity index (χ1v) is 10.3. The topological polar surface area (TPSA) is 83.9 Å². The van der Waals surface area contributed by atoms with Gasteiger partial charge < -0.3 is 4.74 Å². The highest BCUT2D eigenvalue weighted by Gasteiger charge is 2.12. The lowest BCUT2D eigenvalue weighted by molar-refractivity contribution is 0.482. The lowest BCUT2D eigenvalue weighted by atomic mass is 10.1. The first kappa shape index (κ1) is 19.7. The van der Waals surface area contributed by atoms with Gasteiger partial charge in [0.1, 0.15) is 17.2 Å². The second-order valence-corrected chi connectivity index (χ2v) is 7.32. The Labute approximate surface area is 189 Å². The Morgan fingerprint density at radius 1 is 0.812 bits per heavy atom. The maximum absolute atomic E-state index is 5.90.